The van der Waals surface area contributed by atoms with Gasteiger partial charge >= 0.3 is 0 Å². The molecule has 23 heavy (non-hydrogen) atoms. The Morgan fingerprint density at radius 3 is 3.09 bits per heavy atom. The molecule has 0 aliphatic carbocycles. The van der Waals surface area contributed by atoms with Crippen LogP contribution in [0.4, 0.5) is 0 Å². The van der Waals surface area contributed by atoms with Crippen LogP contribution in [0.25, 0.3) is 11.5 Å². The van der Waals surface area contributed by atoms with Gasteiger partial charge in [0.05, 0.1) is 6.10 Å². The summed E-state index contributed by atoms with van der Waals surface area (Å²) in [6.07, 6.45) is 3.03. The molecule has 6 nitrogen and oxygen atoms in total. The van der Waals surface area contributed by atoms with Crippen LogP contribution in [-0.4, -0.2) is 35.4 Å². The molecule has 1 aromatic carbocycles. The number of aromatic nitrogens is 2. The van der Waals surface area contributed by atoms with Crippen LogP contribution in [0, 0.1) is 6.92 Å². The van der Waals surface area contributed by atoms with Crippen LogP contribution in [0.15, 0.2) is 28.7 Å². The maximum atomic E-state index is 11.8. The molecular formula is C17H21N3O3. The number of aryl methyl sites for hydroxylation is 2. The Bertz CT molecular complexity index is 663. The molecule has 1 atom stereocenters. The van der Waals surface area contributed by atoms with Crippen molar-refractivity contribution >= 4 is 5.91 Å². The standard InChI is InChI=1S/C17H21N3O3/c1-12-4-2-5-13(10-12)17-20-19-16(23-17)8-7-15(21)18-11-14-6-3-9-22-14/h2,4-5,10,14H,3,6-9,11H2,1H3,(H,18,21). The Labute approximate surface area is 135 Å². The number of carbonyl (C=O) groups is 1. The van der Waals surface area contributed by atoms with Crippen LogP contribution in [0.1, 0.15) is 30.7 Å². The van der Waals surface area contributed by atoms with Gasteiger partial charge in [-0.3, -0.25) is 4.79 Å². The second-order valence-electron chi connectivity index (χ2n) is 5.81. The lowest BCUT2D eigenvalue weighted by atomic mass is 10.1. The molecule has 2 heterocycles. The number of carbonyl (C=O) groups excluding carboxylic acids is 1. The van der Waals surface area contributed by atoms with Crippen LogP contribution < -0.4 is 5.32 Å². The van der Waals surface area contributed by atoms with Crippen LogP contribution in [0.3, 0.4) is 0 Å². The van der Waals surface area contributed by atoms with Gasteiger partial charge in [0.15, 0.2) is 0 Å². The van der Waals surface area contributed by atoms with Crippen molar-refractivity contribution < 1.29 is 13.9 Å². The van der Waals surface area contributed by atoms with Gasteiger partial charge in [-0.15, -0.1) is 10.2 Å². The smallest absolute Gasteiger partial charge is 0.247 e. The number of hydrogen-bond donors (Lipinski definition) is 1. The third-order valence-electron chi connectivity index (χ3n) is 3.85. The van der Waals surface area contributed by atoms with Gasteiger partial charge in [0.25, 0.3) is 0 Å². The average Bonchev–Trinajstić information content (AvgIpc) is 3.22. The van der Waals surface area contributed by atoms with E-state index in [0.29, 0.717) is 31.2 Å². The van der Waals surface area contributed by atoms with Crippen molar-refractivity contribution in [2.45, 2.75) is 38.7 Å². The van der Waals surface area contributed by atoms with Crippen LogP contribution in [-0.2, 0) is 16.0 Å². The maximum Gasteiger partial charge on any atom is 0.247 e. The second kappa shape index (κ2) is 7.37. The average molecular weight is 315 g/mol. The normalized spacial score (nSPS) is 17.3. The summed E-state index contributed by atoms with van der Waals surface area (Å²) >= 11 is 0. The molecule has 3 rings (SSSR count). The van der Waals surface area contributed by atoms with E-state index in [1.54, 1.807) is 0 Å². The molecule has 1 unspecified atom stereocenters. The van der Waals surface area contributed by atoms with E-state index in [4.69, 9.17) is 9.15 Å². The number of hydrogen-bond acceptors (Lipinski definition) is 5. The maximum absolute atomic E-state index is 11.8. The molecule has 0 bridgehead atoms. The van der Waals surface area contributed by atoms with Crippen molar-refractivity contribution in [2.75, 3.05) is 13.2 Å². The summed E-state index contributed by atoms with van der Waals surface area (Å²) in [6.45, 7) is 3.39. The lowest BCUT2D eigenvalue weighted by Crippen LogP contribution is -2.31. The Hall–Kier alpha value is -2.21. The number of nitrogens with one attached hydrogen (secondary N) is 1. The van der Waals surface area contributed by atoms with E-state index in [1.165, 1.54) is 0 Å². The van der Waals surface area contributed by atoms with Gasteiger partial charge in [0.1, 0.15) is 0 Å². The minimum Gasteiger partial charge on any atom is -0.421 e. The van der Waals surface area contributed by atoms with Gasteiger partial charge < -0.3 is 14.5 Å². The largest absolute Gasteiger partial charge is 0.421 e. The summed E-state index contributed by atoms with van der Waals surface area (Å²) in [5.74, 6) is 0.952. The molecule has 1 aromatic heterocycles. The molecular weight excluding hydrogens is 294 g/mol. The molecule has 0 radical (unpaired) electrons. The minimum atomic E-state index is -0.0178. The summed E-state index contributed by atoms with van der Waals surface area (Å²) in [5, 5.41) is 10.9. The Balaban J connectivity index is 1.48. The molecule has 0 spiro atoms. The number of ether oxygens (including phenoxy) is 1. The fourth-order valence-corrected chi connectivity index (χ4v) is 2.59. The van der Waals surface area contributed by atoms with E-state index >= 15 is 0 Å². The summed E-state index contributed by atoms with van der Waals surface area (Å²) in [6, 6.07) is 7.89. The number of amides is 1. The highest BCUT2D eigenvalue weighted by atomic mass is 16.5. The Morgan fingerprint density at radius 1 is 1.39 bits per heavy atom. The molecule has 1 aliphatic rings. The first-order valence-electron chi connectivity index (χ1n) is 7.98. The quantitative estimate of drug-likeness (QED) is 0.885. The second-order valence-corrected chi connectivity index (χ2v) is 5.81. The van der Waals surface area contributed by atoms with Gasteiger partial charge in [-0.25, -0.2) is 0 Å². The van der Waals surface area contributed by atoms with E-state index < -0.39 is 0 Å². The van der Waals surface area contributed by atoms with Crippen LogP contribution >= 0.6 is 0 Å². The summed E-state index contributed by atoms with van der Waals surface area (Å²) in [4.78, 5) is 11.8. The van der Waals surface area contributed by atoms with Crippen molar-refractivity contribution in [1.29, 1.82) is 0 Å². The monoisotopic (exact) mass is 315 g/mol. The summed E-state index contributed by atoms with van der Waals surface area (Å²) in [5.41, 5.74) is 2.03. The number of rotatable bonds is 6. The molecule has 122 valence electrons. The highest BCUT2D eigenvalue weighted by Gasteiger charge is 2.16. The zero-order valence-electron chi connectivity index (χ0n) is 13.2. The summed E-state index contributed by atoms with van der Waals surface area (Å²) < 4.78 is 11.1. The number of nitrogens with zero attached hydrogens (tertiary/aromatic N) is 2. The SMILES string of the molecule is Cc1cccc(-c2nnc(CCC(=O)NCC3CCCO3)o2)c1. The van der Waals surface area contributed by atoms with Crippen molar-refractivity contribution in [2.24, 2.45) is 0 Å². The molecule has 2 aromatic rings. The lowest BCUT2D eigenvalue weighted by Gasteiger charge is -2.10. The molecule has 0 saturated carbocycles. The van der Waals surface area contributed by atoms with Gasteiger partial charge in [-0.2, -0.15) is 0 Å². The van der Waals surface area contributed by atoms with Crippen molar-refractivity contribution in [3.63, 3.8) is 0 Å². The van der Waals surface area contributed by atoms with Crippen molar-refractivity contribution in [3.8, 4) is 11.5 Å². The highest BCUT2D eigenvalue weighted by Crippen LogP contribution is 2.19. The molecule has 1 amide bonds. The minimum absolute atomic E-state index is 0.0178. The van der Waals surface area contributed by atoms with Crippen molar-refractivity contribution in [3.05, 3.63) is 35.7 Å². The van der Waals surface area contributed by atoms with Gasteiger partial charge in [0.2, 0.25) is 17.7 Å². The first-order valence-corrected chi connectivity index (χ1v) is 7.98. The topological polar surface area (TPSA) is 77.2 Å². The molecule has 6 heteroatoms. The predicted molar refractivity (Wildman–Crippen MR) is 84.8 cm³/mol. The first-order chi connectivity index (χ1) is 11.2. The zero-order chi connectivity index (χ0) is 16.1. The fourth-order valence-electron chi connectivity index (χ4n) is 2.59. The van der Waals surface area contributed by atoms with E-state index in [1.807, 2.05) is 31.2 Å². The fraction of sp³-hybridized carbons (Fsp3) is 0.471. The van der Waals surface area contributed by atoms with E-state index in [-0.39, 0.29) is 12.0 Å². The Morgan fingerprint density at radius 2 is 2.30 bits per heavy atom. The van der Waals surface area contributed by atoms with Gasteiger partial charge in [-0.1, -0.05) is 17.7 Å². The van der Waals surface area contributed by atoms with Crippen molar-refractivity contribution in [1.82, 2.24) is 15.5 Å². The van der Waals surface area contributed by atoms with Crippen LogP contribution in [0.2, 0.25) is 0 Å². The highest BCUT2D eigenvalue weighted by molar-refractivity contribution is 5.76. The first kappa shape index (κ1) is 15.7. The van der Waals surface area contributed by atoms with E-state index in [9.17, 15) is 4.79 Å². The Kier molecular flexibility index (Phi) is 5.02. The predicted octanol–water partition coefficient (Wildman–Crippen LogP) is 2.27. The molecule has 1 fully saturated rings. The summed E-state index contributed by atoms with van der Waals surface area (Å²) in [7, 11) is 0. The lowest BCUT2D eigenvalue weighted by molar-refractivity contribution is -0.121. The van der Waals surface area contributed by atoms with Gasteiger partial charge in [-0.05, 0) is 31.9 Å². The molecule has 1 aliphatic heterocycles. The third-order valence-corrected chi connectivity index (χ3v) is 3.85. The van der Waals surface area contributed by atoms with E-state index in [2.05, 4.69) is 15.5 Å². The van der Waals surface area contributed by atoms with Gasteiger partial charge in [0, 0.05) is 31.6 Å². The van der Waals surface area contributed by atoms with Crippen LogP contribution in [0.5, 0.6) is 0 Å². The van der Waals surface area contributed by atoms with E-state index in [0.717, 1.165) is 30.6 Å². The third kappa shape index (κ3) is 4.39. The number of benzene rings is 1. The molecule has 1 saturated heterocycles. The molecule has 1 N–H and O–H groups in total. The zero-order valence-corrected chi connectivity index (χ0v) is 13.2.